The fourth-order valence-corrected chi connectivity index (χ4v) is 6.36. The van der Waals surface area contributed by atoms with Crippen LogP contribution in [0.2, 0.25) is 0 Å². The van der Waals surface area contributed by atoms with Crippen LogP contribution in [0.3, 0.4) is 0 Å². The van der Waals surface area contributed by atoms with Gasteiger partial charge in [-0.15, -0.1) is 0 Å². The topological polar surface area (TPSA) is 93.7 Å². The van der Waals surface area contributed by atoms with Crippen LogP contribution in [-0.4, -0.2) is 69.8 Å². The van der Waals surface area contributed by atoms with Crippen molar-refractivity contribution in [1.29, 1.82) is 5.26 Å². The molecule has 8 heteroatoms. The highest BCUT2D eigenvalue weighted by Gasteiger charge is 2.56. The second-order valence-corrected chi connectivity index (χ2v) is 11.2. The Hall–Kier alpha value is -2.50. The Balaban J connectivity index is 1.29. The fourth-order valence-electron chi connectivity index (χ4n) is 6.36. The molecule has 7 atom stereocenters. The normalized spacial score (nSPS) is 32.6. The number of nitrogens with two attached hydrogens (primary N) is 1. The lowest BCUT2D eigenvalue weighted by atomic mass is 9.80. The van der Waals surface area contributed by atoms with E-state index in [0.717, 1.165) is 18.4 Å². The molecule has 4 fully saturated rings. The predicted octanol–water partition coefficient (Wildman–Crippen LogP) is 2.04. The van der Waals surface area contributed by atoms with Crippen molar-refractivity contribution in [1.82, 2.24) is 14.7 Å². The van der Waals surface area contributed by atoms with Crippen LogP contribution in [0.5, 0.6) is 0 Å². The summed E-state index contributed by atoms with van der Waals surface area (Å²) in [5, 5.41) is 9.40. The highest BCUT2D eigenvalue weighted by atomic mass is 19.1. The number of carbonyl (C=O) groups is 2. The molecule has 1 aromatic rings. The van der Waals surface area contributed by atoms with Gasteiger partial charge in [0, 0.05) is 25.2 Å². The Morgan fingerprint density at radius 2 is 1.94 bits per heavy atom. The molecule has 2 bridgehead atoms. The molecule has 1 aromatic carbocycles. The summed E-state index contributed by atoms with van der Waals surface area (Å²) in [5.74, 6) is 0.0372. The van der Waals surface area contributed by atoms with Gasteiger partial charge in [-0.1, -0.05) is 32.9 Å². The van der Waals surface area contributed by atoms with E-state index in [1.165, 1.54) is 12.1 Å². The van der Waals surface area contributed by atoms with Gasteiger partial charge in [-0.3, -0.25) is 14.5 Å². The second-order valence-electron chi connectivity index (χ2n) is 11.2. The van der Waals surface area contributed by atoms with Crippen molar-refractivity contribution in [3.8, 4) is 6.07 Å². The molecule has 3 heterocycles. The number of piperazine rings is 1. The number of likely N-dealkylation sites (tertiary alicyclic amines) is 3. The Labute approximate surface area is 194 Å². The summed E-state index contributed by atoms with van der Waals surface area (Å²) in [4.78, 5) is 32.3. The van der Waals surface area contributed by atoms with E-state index in [0.29, 0.717) is 25.4 Å². The predicted molar refractivity (Wildman–Crippen MR) is 120 cm³/mol. The first kappa shape index (κ1) is 22.3. The Morgan fingerprint density at radius 1 is 1.24 bits per heavy atom. The number of halogens is 1. The molecule has 33 heavy (non-hydrogen) atoms. The number of amides is 2. The van der Waals surface area contributed by atoms with Crippen LogP contribution >= 0.6 is 0 Å². The van der Waals surface area contributed by atoms with Crippen LogP contribution in [0.1, 0.15) is 51.6 Å². The van der Waals surface area contributed by atoms with E-state index in [4.69, 9.17) is 5.73 Å². The zero-order valence-corrected chi connectivity index (χ0v) is 19.4. The quantitative estimate of drug-likeness (QED) is 0.736. The van der Waals surface area contributed by atoms with Gasteiger partial charge in [-0.05, 0) is 48.3 Å². The van der Waals surface area contributed by atoms with Crippen molar-refractivity contribution in [3.05, 3.63) is 35.6 Å². The molecule has 3 saturated heterocycles. The van der Waals surface area contributed by atoms with Gasteiger partial charge in [0.1, 0.15) is 11.9 Å². The number of piperidine rings is 1. The SMILES string of the molecule is CC(C)(C)[C@@H](c1ccc(F)cc1)N1C(=O)[C@H]2CC1CN2C[C@H](N)C(=O)N1[C@H](C#N)C[C@@H]2C[C@@H]21. The number of hydrogen-bond acceptors (Lipinski definition) is 5. The first-order valence-electron chi connectivity index (χ1n) is 11.9. The molecule has 0 radical (unpaired) electrons. The maximum atomic E-state index is 13.5. The van der Waals surface area contributed by atoms with E-state index in [-0.39, 0.29) is 53.3 Å². The van der Waals surface area contributed by atoms with Crippen LogP contribution < -0.4 is 5.73 Å². The molecular weight excluding hydrogens is 421 g/mol. The summed E-state index contributed by atoms with van der Waals surface area (Å²) in [5.41, 5.74) is 7.02. The standard InChI is InChI=1S/C25H32FN5O2/c1-25(2,3)22(14-4-6-16(26)7-5-14)31-18-10-21(24(31)33)29(12-18)13-19(28)23(32)30-17(11-27)8-15-9-20(15)30/h4-7,15,17-22H,8-10,12-13,28H2,1-3H3/t15-,17+,18?,19+,20+,21-,22-/m1/s1. The Morgan fingerprint density at radius 3 is 2.55 bits per heavy atom. The number of hydrogen-bond donors (Lipinski definition) is 1. The minimum absolute atomic E-state index is 0.0329. The maximum Gasteiger partial charge on any atom is 0.242 e. The molecule has 1 saturated carbocycles. The van der Waals surface area contributed by atoms with Crippen molar-refractivity contribution in [2.24, 2.45) is 17.1 Å². The third-order valence-corrected chi connectivity index (χ3v) is 7.85. The summed E-state index contributed by atoms with van der Waals surface area (Å²) >= 11 is 0. The molecule has 176 valence electrons. The van der Waals surface area contributed by atoms with Gasteiger partial charge in [0.25, 0.3) is 0 Å². The number of carbonyl (C=O) groups excluding carboxylic acids is 2. The summed E-state index contributed by atoms with van der Waals surface area (Å²) in [6.07, 6.45) is 2.43. The van der Waals surface area contributed by atoms with Crippen molar-refractivity contribution in [2.75, 3.05) is 13.1 Å². The summed E-state index contributed by atoms with van der Waals surface area (Å²) < 4.78 is 13.5. The lowest BCUT2D eigenvalue weighted by Gasteiger charge is -2.45. The minimum Gasteiger partial charge on any atom is -0.329 e. The number of nitriles is 1. The van der Waals surface area contributed by atoms with Crippen molar-refractivity contribution >= 4 is 11.8 Å². The van der Waals surface area contributed by atoms with Crippen LogP contribution in [-0.2, 0) is 9.59 Å². The van der Waals surface area contributed by atoms with Gasteiger partial charge >= 0.3 is 0 Å². The maximum absolute atomic E-state index is 13.5. The van der Waals surface area contributed by atoms with Crippen molar-refractivity contribution < 1.29 is 14.0 Å². The van der Waals surface area contributed by atoms with Gasteiger partial charge in [0.2, 0.25) is 11.8 Å². The van der Waals surface area contributed by atoms with Crippen LogP contribution in [0.25, 0.3) is 0 Å². The second kappa shape index (κ2) is 7.78. The molecule has 1 unspecified atom stereocenters. The van der Waals surface area contributed by atoms with Crippen LogP contribution in [0.4, 0.5) is 4.39 Å². The third-order valence-electron chi connectivity index (χ3n) is 7.85. The monoisotopic (exact) mass is 453 g/mol. The number of fused-ring (bicyclic) bond motifs is 3. The molecule has 0 aromatic heterocycles. The van der Waals surface area contributed by atoms with E-state index in [1.807, 2.05) is 9.80 Å². The number of rotatable bonds is 5. The van der Waals surface area contributed by atoms with Gasteiger partial charge in [-0.2, -0.15) is 5.26 Å². The van der Waals surface area contributed by atoms with Gasteiger partial charge in [-0.25, -0.2) is 4.39 Å². The molecule has 0 spiro atoms. The average Bonchev–Trinajstić information content (AvgIpc) is 3.09. The van der Waals surface area contributed by atoms with Crippen LogP contribution in [0.15, 0.2) is 24.3 Å². The Kier molecular flexibility index (Phi) is 5.26. The highest BCUT2D eigenvalue weighted by molar-refractivity contribution is 5.87. The van der Waals surface area contributed by atoms with E-state index < -0.39 is 6.04 Å². The third kappa shape index (κ3) is 3.71. The molecule has 2 amide bonds. The summed E-state index contributed by atoms with van der Waals surface area (Å²) in [7, 11) is 0. The molecule has 3 aliphatic heterocycles. The average molecular weight is 454 g/mol. The van der Waals surface area contributed by atoms with Gasteiger partial charge in [0.15, 0.2) is 0 Å². The van der Waals surface area contributed by atoms with Crippen molar-refractivity contribution in [3.63, 3.8) is 0 Å². The number of nitrogens with zero attached hydrogens (tertiary/aromatic N) is 4. The Bertz CT molecular complexity index is 1000. The first-order valence-corrected chi connectivity index (χ1v) is 11.9. The van der Waals surface area contributed by atoms with Crippen molar-refractivity contribution in [2.45, 2.75) is 76.3 Å². The van der Waals surface area contributed by atoms with E-state index in [2.05, 4.69) is 26.8 Å². The van der Waals surface area contributed by atoms with Crippen LogP contribution in [0, 0.1) is 28.5 Å². The largest absolute Gasteiger partial charge is 0.329 e. The highest BCUT2D eigenvalue weighted by Crippen LogP contribution is 2.48. The molecule has 7 nitrogen and oxygen atoms in total. The molecule has 4 aliphatic rings. The lowest BCUT2D eigenvalue weighted by molar-refractivity contribution is -0.143. The van der Waals surface area contributed by atoms with E-state index in [1.54, 1.807) is 17.0 Å². The molecule has 1 aliphatic carbocycles. The smallest absolute Gasteiger partial charge is 0.242 e. The van der Waals surface area contributed by atoms with E-state index >= 15 is 0 Å². The fraction of sp³-hybridized carbons (Fsp3) is 0.640. The molecular formula is C25H32FN5O2. The number of benzene rings is 1. The first-order chi connectivity index (χ1) is 15.6. The van der Waals surface area contributed by atoms with E-state index in [9.17, 15) is 19.2 Å². The minimum atomic E-state index is -0.740. The molecule has 2 N–H and O–H groups in total. The van der Waals surface area contributed by atoms with Gasteiger partial charge < -0.3 is 15.5 Å². The summed E-state index contributed by atoms with van der Waals surface area (Å²) in [6, 6.07) is 7.30. The van der Waals surface area contributed by atoms with Gasteiger partial charge in [0.05, 0.1) is 24.2 Å². The lowest BCUT2D eigenvalue weighted by Crippen LogP contribution is -2.58. The molecule has 5 rings (SSSR count). The summed E-state index contributed by atoms with van der Waals surface area (Å²) in [6.45, 7) is 7.28. The zero-order valence-electron chi connectivity index (χ0n) is 19.4. The zero-order chi connectivity index (χ0) is 23.7.